The Labute approximate surface area is 119 Å². The van der Waals surface area contributed by atoms with Crippen LogP contribution in [0.4, 0.5) is 0 Å². The summed E-state index contributed by atoms with van der Waals surface area (Å²) in [7, 11) is 0. The second kappa shape index (κ2) is 6.07. The van der Waals surface area contributed by atoms with Crippen molar-refractivity contribution in [2.24, 2.45) is 0 Å². The van der Waals surface area contributed by atoms with Crippen LogP contribution < -0.4 is 0 Å². The number of aromatic nitrogens is 1. The Morgan fingerprint density at radius 1 is 1.35 bits per heavy atom. The lowest BCUT2D eigenvalue weighted by Crippen LogP contribution is -1.97. The first-order valence-corrected chi connectivity index (χ1v) is 7.69. The van der Waals surface area contributed by atoms with Crippen LogP contribution in [0.5, 0.6) is 0 Å². The van der Waals surface area contributed by atoms with Gasteiger partial charge in [0, 0.05) is 32.6 Å². The van der Waals surface area contributed by atoms with Crippen LogP contribution in [0, 0.1) is 0 Å². The molecular weight excluding hydrogens is 318 g/mol. The van der Waals surface area contributed by atoms with Gasteiger partial charge in [0.05, 0.1) is 0 Å². The monoisotopic (exact) mass is 329 g/mol. The maximum Gasteiger partial charge on any atom is 0.104 e. The molecular formula is C13H13BrClNS. The van der Waals surface area contributed by atoms with Gasteiger partial charge < -0.3 is 0 Å². The van der Waals surface area contributed by atoms with Crippen molar-refractivity contribution >= 4 is 50.1 Å². The summed E-state index contributed by atoms with van der Waals surface area (Å²) in [6.45, 7) is 2.19. The number of rotatable bonds is 4. The number of nitrogens with zero attached hydrogens (tertiary/aromatic N) is 1. The van der Waals surface area contributed by atoms with Crippen LogP contribution in [0.15, 0.2) is 40.0 Å². The molecule has 2 aromatic rings. The van der Waals surface area contributed by atoms with E-state index in [1.165, 1.54) is 10.8 Å². The fourth-order valence-corrected chi connectivity index (χ4v) is 3.64. The summed E-state index contributed by atoms with van der Waals surface area (Å²) >= 11 is 11.1. The molecule has 1 heterocycles. The normalized spacial score (nSPS) is 12.9. The van der Waals surface area contributed by atoms with Gasteiger partial charge in [-0.25, -0.2) is 4.98 Å². The third-order valence-corrected chi connectivity index (χ3v) is 4.64. The van der Waals surface area contributed by atoms with Gasteiger partial charge in [0.2, 0.25) is 0 Å². The molecule has 0 spiro atoms. The van der Waals surface area contributed by atoms with E-state index in [0.29, 0.717) is 11.1 Å². The molecule has 0 aliphatic carbocycles. The molecule has 17 heavy (non-hydrogen) atoms. The van der Waals surface area contributed by atoms with Gasteiger partial charge in [-0.2, -0.15) is 0 Å². The Hall–Kier alpha value is -0.250. The summed E-state index contributed by atoms with van der Waals surface area (Å²) in [5.74, 6) is 0.697. The number of hydrogen-bond acceptors (Lipinski definition) is 2. The molecule has 1 aromatic carbocycles. The van der Waals surface area contributed by atoms with Crippen LogP contribution >= 0.6 is 39.3 Å². The molecule has 4 heteroatoms. The molecule has 1 unspecified atom stereocenters. The Bertz CT molecular complexity index is 518. The molecule has 2 rings (SSSR count). The first-order valence-electron chi connectivity index (χ1n) is 5.48. The Balaban J connectivity index is 2.37. The van der Waals surface area contributed by atoms with Crippen molar-refractivity contribution in [3.63, 3.8) is 0 Å². The summed E-state index contributed by atoms with van der Waals surface area (Å²) in [4.78, 5) is 4.47. The minimum Gasteiger partial charge on any atom is -0.249 e. The SMILES string of the molecule is CC(CCCl)Sc1nccc2c(Br)cccc12. The third kappa shape index (κ3) is 3.15. The van der Waals surface area contributed by atoms with Crippen molar-refractivity contribution in [3.05, 3.63) is 34.9 Å². The van der Waals surface area contributed by atoms with Gasteiger partial charge >= 0.3 is 0 Å². The quantitative estimate of drug-likeness (QED) is 0.571. The van der Waals surface area contributed by atoms with Crippen molar-refractivity contribution in [2.75, 3.05) is 5.88 Å². The van der Waals surface area contributed by atoms with Crippen LogP contribution in [0.3, 0.4) is 0 Å². The fourth-order valence-electron chi connectivity index (χ4n) is 1.64. The molecule has 1 atom stereocenters. The highest BCUT2D eigenvalue weighted by Gasteiger charge is 2.09. The van der Waals surface area contributed by atoms with E-state index < -0.39 is 0 Å². The second-order valence-corrected chi connectivity index (χ2v) is 6.52. The maximum absolute atomic E-state index is 5.76. The Kier molecular flexibility index (Phi) is 4.71. The van der Waals surface area contributed by atoms with E-state index in [0.717, 1.165) is 15.9 Å². The Morgan fingerprint density at radius 3 is 2.94 bits per heavy atom. The average Bonchev–Trinajstić information content (AvgIpc) is 2.31. The van der Waals surface area contributed by atoms with E-state index in [9.17, 15) is 0 Å². The van der Waals surface area contributed by atoms with E-state index >= 15 is 0 Å². The molecule has 0 aliphatic heterocycles. The molecule has 0 amide bonds. The number of benzene rings is 1. The molecule has 1 nitrogen and oxygen atoms in total. The van der Waals surface area contributed by atoms with E-state index in [1.54, 1.807) is 11.8 Å². The summed E-state index contributed by atoms with van der Waals surface area (Å²) in [6.07, 6.45) is 2.86. The zero-order valence-electron chi connectivity index (χ0n) is 9.49. The molecule has 0 N–H and O–H groups in total. The number of fused-ring (bicyclic) bond motifs is 1. The number of alkyl halides is 1. The summed E-state index contributed by atoms with van der Waals surface area (Å²) < 4.78 is 1.12. The van der Waals surface area contributed by atoms with Gasteiger partial charge in [0.1, 0.15) is 5.03 Å². The predicted molar refractivity (Wildman–Crippen MR) is 80.1 cm³/mol. The summed E-state index contributed by atoms with van der Waals surface area (Å²) in [5.41, 5.74) is 0. The summed E-state index contributed by atoms with van der Waals surface area (Å²) in [6, 6.07) is 8.25. The zero-order valence-corrected chi connectivity index (χ0v) is 12.6. The minimum atomic E-state index is 0.490. The number of hydrogen-bond donors (Lipinski definition) is 0. The van der Waals surface area contributed by atoms with Crippen molar-refractivity contribution in [1.82, 2.24) is 4.98 Å². The zero-order chi connectivity index (χ0) is 12.3. The molecule has 0 radical (unpaired) electrons. The lowest BCUT2D eigenvalue weighted by atomic mass is 10.2. The topological polar surface area (TPSA) is 12.9 Å². The predicted octanol–water partition coefficient (Wildman–Crippen LogP) is 5.11. The lowest BCUT2D eigenvalue weighted by Gasteiger charge is -2.11. The average molecular weight is 331 g/mol. The first-order chi connectivity index (χ1) is 8.22. The minimum absolute atomic E-state index is 0.490. The molecule has 1 aromatic heterocycles. The van der Waals surface area contributed by atoms with E-state index in [2.05, 4.69) is 40.0 Å². The second-order valence-electron chi connectivity index (χ2n) is 3.86. The van der Waals surface area contributed by atoms with Crippen LogP contribution in [0.2, 0.25) is 0 Å². The molecule has 0 saturated heterocycles. The van der Waals surface area contributed by atoms with Gasteiger partial charge in [-0.3, -0.25) is 0 Å². The van der Waals surface area contributed by atoms with Crippen LogP contribution in [0.1, 0.15) is 13.3 Å². The Morgan fingerprint density at radius 2 is 2.18 bits per heavy atom. The number of thioether (sulfide) groups is 1. The largest absolute Gasteiger partial charge is 0.249 e. The van der Waals surface area contributed by atoms with E-state index in [-0.39, 0.29) is 0 Å². The smallest absolute Gasteiger partial charge is 0.104 e. The first kappa shape index (κ1) is 13.2. The van der Waals surface area contributed by atoms with Gasteiger partial charge in [0.25, 0.3) is 0 Å². The molecule has 90 valence electrons. The van der Waals surface area contributed by atoms with E-state index in [4.69, 9.17) is 11.6 Å². The highest BCUT2D eigenvalue weighted by atomic mass is 79.9. The summed E-state index contributed by atoms with van der Waals surface area (Å²) in [5, 5.41) is 3.99. The van der Waals surface area contributed by atoms with Crippen molar-refractivity contribution in [2.45, 2.75) is 23.6 Å². The van der Waals surface area contributed by atoms with Crippen LogP contribution in [0.25, 0.3) is 10.8 Å². The fraction of sp³-hybridized carbons (Fsp3) is 0.308. The van der Waals surface area contributed by atoms with Crippen molar-refractivity contribution in [1.29, 1.82) is 0 Å². The van der Waals surface area contributed by atoms with E-state index in [1.807, 2.05) is 18.3 Å². The maximum atomic E-state index is 5.76. The number of pyridine rings is 1. The molecule has 0 aliphatic rings. The van der Waals surface area contributed by atoms with Crippen LogP contribution in [-0.2, 0) is 0 Å². The van der Waals surface area contributed by atoms with Gasteiger partial charge in [-0.05, 0) is 18.6 Å². The molecule has 0 bridgehead atoms. The van der Waals surface area contributed by atoms with Gasteiger partial charge in [-0.1, -0.05) is 35.0 Å². The standard InChI is InChI=1S/C13H13BrClNS/c1-9(5-7-15)17-13-11-3-2-4-12(14)10(11)6-8-16-13/h2-4,6,8-9H,5,7H2,1H3. The number of halogens is 2. The van der Waals surface area contributed by atoms with Gasteiger partial charge in [-0.15, -0.1) is 23.4 Å². The lowest BCUT2D eigenvalue weighted by molar-refractivity contribution is 0.909. The van der Waals surface area contributed by atoms with Crippen LogP contribution in [-0.4, -0.2) is 16.1 Å². The highest BCUT2D eigenvalue weighted by molar-refractivity contribution is 9.10. The third-order valence-electron chi connectivity index (χ3n) is 2.54. The van der Waals surface area contributed by atoms with Crippen molar-refractivity contribution < 1.29 is 0 Å². The molecule has 0 saturated carbocycles. The van der Waals surface area contributed by atoms with Gasteiger partial charge in [0.15, 0.2) is 0 Å². The molecule has 0 fully saturated rings. The van der Waals surface area contributed by atoms with Crippen molar-refractivity contribution in [3.8, 4) is 0 Å². The highest BCUT2D eigenvalue weighted by Crippen LogP contribution is 2.32.